The molecule has 0 saturated heterocycles. The summed E-state index contributed by atoms with van der Waals surface area (Å²) in [4.78, 5) is 8.26. The molecule has 0 amide bonds. The molecule has 0 N–H and O–H groups in total. The van der Waals surface area contributed by atoms with Crippen LogP contribution in [0.2, 0.25) is 5.15 Å². The van der Waals surface area contributed by atoms with Crippen molar-refractivity contribution in [2.75, 3.05) is 12.9 Å². The highest BCUT2D eigenvalue weighted by molar-refractivity contribution is 7.98. The lowest BCUT2D eigenvalue weighted by Crippen LogP contribution is -2.01. The minimum Gasteiger partial charge on any atom is -0.478 e. The van der Waals surface area contributed by atoms with Crippen LogP contribution in [-0.2, 0) is 0 Å². The van der Waals surface area contributed by atoms with Crippen molar-refractivity contribution < 1.29 is 4.74 Å². The molecule has 0 aliphatic heterocycles. The van der Waals surface area contributed by atoms with Crippen LogP contribution in [0.5, 0.6) is 5.88 Å². The lowest BCUT2D eigenvalue weighted by Gasteiger charge is -2.05. The molecule has 1 aliphatic rings. The van der Waals surface area contributed by atoms with Gasteiger partial charge in [-0.05, 0) is 18.6 Å². The largest absolute Gasteiger partial charge is 0.478 e. The van der Waals surface area contributed by atoms with Gasteiger partial charge in [-0.1, -0.05) is 36.2 Å². The highest BCUT2D eigenvalue weighted by atomic mass is 35.5. The first-order chi connectivity index (χ1) is 7.28. The van der Waals surface area contributed by atoms with Gasteiger partial charge in [0.15, 0.2) is 5.16 Å². The third kappa shape index (κ3) is 3.54. The summed E-state index contributed by atoms with van der Waals surface area (Å²) in [6.45, 7) is 0.728. The molecule has 1 fully saturated rings. The van der Waals surface area contributed by atoms with Crippen LogP contribution in [0.3, 0.4) is 0 Å². The van der Waals surface area contributed by atoms with E-state index in [1.165, 1.54) is 24.6 Å². The van der Waals surface area contributed by atoms with Gasteiger partial charge in [0.2, 0.25) is 5.88 Å². The molecule has 1 saturated carbocycles. The summed E-state index contributed by atoms with van der Waals surface area (Å²) in [7, 11) is 0. The Labute approximate surface area is 98.6 Å². The van der Waals surface area contributed by atoms with Gasteiger partial charge < -0.3 is 4.74 Å². The zero-order chi connectivity index (χ0) is 10.7. The van der Waals surface area contributed by atoms with Crippen molar-refractivity contribution in [1.82, 2.24) is 9.97 Å². The number of rotatable bonds is 5. The van der Waals surface area contributed by atoms with E-state index in [1.807, 2.05) is 6.26 Å². The first kappa shape index (κ1) is 11.0. The molecule has 1 heterocycles. The van der Waals surface area contributed by atoms with Crippen LogP contribution in [-0.4, -0.2) is 22.8 Å². The monoisotopic (exact) mass is 244 g/mol. The molecule has 0 bridgehead atoms. The predicted molar refractivity (Wildman–Crippen MR) is 61.7 cm³/mol. The number of aromatic nitrogens is 2. The van der Waals surface area contributed by atoms with Crippen molar-refractivity contribution in [2.24, 2.45) is 5.92 Å². The molecule has 5 heteroatoms. The van der Waals surface area contributed by atoms with Crippen LogP contribution >= 0.6 is 23.4 Å². The summed E-state index contributed by atoms with van der Waals surface area (Å²) in [6.07, 6.45) is 5.74. The molecule has 15 heavy (non-hydrogen) atoms. The first-order valence-corrected chi connectivity index (χ1v) is 6.59. The number of hydrogen-bond acceptors (Lipinski definition) is 4. The van der Waals surface area contributed by atoms with Crippen LogP contribution < -0.4 is 4.74 Å². The Morgan fingerprint density at radius 3 is 3.00 bits per heavy atom. The maximum Gasteiger partial charge on any atom is 0.218 e. The average Bonchev–Trinajstić information content (AvgIpc) is 3.01. The third-order valence-electron chi connectivity index (χ3n) is 2.31. The Hall–Kier alpha value is -0.480. The zero-order valence-corrected chi connectivity index (χ0v) is 10.1. The summed E-state index contributed by atoms with van der Waals surface area (Å²) in [6, 6.07) is 1.66. The van der Waals surface area contributed by atoms with Gasteiger partial charge in [-0.25, -0.2) is 4.98 Å². The zero-order valence-electron chi connectivity index (χ0n) is 8.57. The van der Waals surface area contributed by atoms with Crippen LogP contribution in [0.1, 0.15) is 19.3 Å². The molecule has 3 nitrogen and oxygen atoms in total. The maximum absolute atomic E-state index is 5.84. The van der Waals surface area contributed by atoms with E-state index in [1.54, 1.807) is 6.07 Å². The van der Waals surface area contributed by atoms with Crippen molar-refractivity contribution in [3.05, 3.63) is 11.2 Å². The van der Waals surface area contributed by atoms with Crippen molar-refractivity contribution >= 4 is 23.4 Å². The van der Waals surface area contributed by atoms with Crippen LogP contribution in [0.25, 0.3) is 0 Å². The fraction of sp³-hybridized carbons (Fsp3) is 0.600. The van der Waals surface area contributed by atoms with Gasteiger partial charge in [0.05, 0.1) is 6.61 Å². The van der Waals surface area contributed by atoms with E-state index >= 15 is 0 Å². The Kier molecular flexibility index (Phi) is 3.70. The molecular formula is C10H13ClN2OS. The van der Waals surface area contributed by atoms with Crippen molar-refractivity contribution in [3.63, 3.8) is 0 Å². The number of halogens is 1. The summed E-state index contributed by atoms with van der Waals surface area (Å²) in [5, 5.41) is 1.10. The van der Waals surface area contributed by atoms with Gasteiger partial charge in [-0.2, -0.15) is 4.98 Å². The molecule has 82 valence electrons. The normalized spacial score (nSPS) is 15.3. The number of hydrogen-bond donors (Lipinski definition) is 0. The molecule has 0 unspecified atom stereocenters. The van der Waals surface area contributed by atoms with Crippen LogP contribution in [0.15, 0.2) is 11.2 Å². The molecule has 0 aromatic carbocycles. The smallest absolute Gasteiger partial charge is 0.218 e. The molecule has 1 aromatic heterocycles. The fourth-order valence-electron chi connectivity index (χ4n) is 1.28. The van der Waals surface area contributed by atoms with Crippen LogP contribution in [0, 0.1) is 5.92 Å². The van der Waals surface area contributed by atoms with Gasteiger partial charge in [0, 0.05) is 6.07 Å². The lowest BCUT2D eigenvalue weighted by atomic mass is 10.3. The summed E-state index contributed by atoms with van der Waals surface area (Å²) >= 11 is 7.30. The Bertz CT molecular complexity index is 344. The van der Waals surface area contributed by atoms with E-state index in [9.17, 15) is 0 Å². The van der Waals surface area contributed by atoms with E-state index in [4.69, 9.17) is 16.3 Å². The standard InChI is InChI=1S/C10H13ClN2OS/c1-15-10-12-8(11)6-9(13-10)14-5-4-7-2-3-7/h6-7H,2-5H2,1H3. The first-order valence-electron chi connectivity index (χ1n) is 4.99. The highest BCUT2D eigenvalue weighted by Gasteiger charge is 2.20. The number of thioether (sulfide) groups is 1. The summed E-state index contributed by atoms with van der Waals surface area (Å²) in [5.41, 5.74) is 0. The van der Waals surface area contributed by atoms with E-state index < -0.39 is 0 Å². The summed E-state index contributed by atoms with van der Waals surface area (Å²) in [5.74, 6) is 1.46. The van der Waals surface area contributed by atoms with Crippen molar-refractivity contribution in [1.29, 1.82) is 0 Å². The molecule has 2 rings (SSSR count). The minimum absolute atomic E-state index is 0.441. The second-order valence-corrected chi connectivity index (χ2v) is 4.76. The molecule has 0 spiro atoms. The fourth-order valence-corrected chi connectivity index (χ4v) is 1.87. The third-order valence-corrected chi connectivity index (χ3v) is 3.05. The number of ether oxygens (including phenoxy) is 1. The molecule has 0 atom stereocenters. The number of nitrogens with zero attached hydrogens (tertiary/aromatic N) is 2. The molecule has 0 radical (unpaired) electrons. The SMILES string of the molecule is CSc1nc(Cl)cc(OCCC2CC2)n1. The van der Waals surface area contributed by atoms with Gasteiger partial charge in [-0.15, -0.1) is 0 Å². The molecular weight excluding hydrogens is 232 g/mol. The van der Waals surface area contributed by atoms with Crippen molar-refractivity contribution in [3.8, 4) is 5.88 Å². The van der Waals surface area contributed by atoms with Gasteiger partial charge >= 0.3 is 0 Å². The lowest BCUT2D eigenvalue weighted by molar-refractivity contribution is 0.288. The Balaban J connectivity index is 1.90. The molecule has 1 aromatic rings. The van der Waals surface area contributed by atoms with Gasteiger partial charge in [0.25, 0.3) is 0 Å². The van der Waals surface area contributed by atoms with Gasteiger partial charge in [-0.3, -0.25) is 0 Å². The minimum atomic E-state index is 0.441. The van der Waals surface area contributed by atoms with Gasteiger partial charge in [0.1, 0.15) is 5.15 Å². The average molecular weight is 245 g/mol. The summed E-state index contributed by atoms with van der Waals surface area (Å²) < 4.78 is 5.53. The maximum atomic E-state index is 5.84. The quantitative estimate of drug-likeness (QED) is 0.453. The Morgan fingerprint density at radius 1 is 1.53 bits per heavy atom. The predicted octanol–water partition coefficient (Wildman–Crippen LogP) is 3.03. The molecule has 1 aliphatic carbocycles. The Morgan fingerprint density at radius 2 is 2.33 bits per heavy atom. The second kappa shape index (κ2) is 5.03. The van der Waals surface area contributed by atoms with E-state index in [0.717, 1.165) is 18.9 Å². The van der Waals surface area contributed by atoms with E-state index in [2.05, 4.69) is 9.97 Å². The topological polar surface area (TPSA) is 35.0 Å². The van der Waals surface area contributed by atoms with E-state index in [0.29, 0.717) is 16.2 Å². The van der Waals surface area contributed by atoms with E-state index in [-0.39, 0.29) is 0 Å². The second-order valence-electron chi connectivity index (χ2n) is 3.60. The highest BCUT2D eigenvalue weighted by Crippen LogP contribution is 2.32. The van der Waals surface area contributed by atoms with Crippen molar-refractivity contribution in [2.45, 2.75) is 24.4 Å². The van der Waals surface area contributed by atoms with Crippen LogP contribution in [0.4, 0.5) is 0 Å².